The highest BCUT2D eigenvalue weighted by atomic mass is 32.2. The van der Waals surface area contributed by atoms with E-state index in [1.54, 1.807) is 24.3 Å². The highest BCUT2D eigenvalue weighted by molar-refractivity contribution is 7.89. The topological polar surface area (TPSA) is 63.7 Å². The number of hydrogen-bond donors (Lipinski definition) is 0. The van der Waals surface area contributed by atoms with E-state index in [-0.39, 0.29) is 24.0 Å². The van der Waals surface area contributed by atoms with Crippen molar-refractivity contribution in [2.24, 2.45) is 0 Å². The number of benzene rings is 2. The minimum absolute atomic E-state index is 0.0123. The molecule has 0 amide bonds. The predicted octanol–water partition coefficient (Wildman–Crippen LogP) is 4.58. The van der Waals surface area contributed by atoms with Crippen molar-refractivity contribution >= 4 is 22.1 Å². The van der Waals surface area contributed by atoms with Crippen LogP contribution in [0.4, 0.5) is 0 Å². The van der Waals surface area contributed by atoms with Gasteiger partial charge in [0.05, 0.1) is 11.4 Å². The maximum Gasteiger partial charge on any atom is 0.304 e. The Bertz CT molecular complexity index is 1100. The maximum atomic E-state index is 13.3. The zero-order valence-corrected chi connectivity index (χ0v) is 19.4. The first-order chi connectivity index (χ1) is 15.3. The minimum Gasteiger partial charge on any atom is -0.446 e. The third-order valence-electron chi connectivity index (χ3n) is 5.40. The Balaban J connectivity index is 1.84. The van der Waals surface area contributed by atoms with E-state index < -0.39 is 15.6 Å². The van der Waals surface area contributed by atoms with Crippen LogP contribution in [0, 0.1) is 18.8 Å². The number of rotatable bonds is 7. The highest BCUT2D eigenvalue weighted by Crippen LogP contribution is 2.32. The molecular formula is C26H29NO4S. The second kappa shape index (κ2) is 10.6. The van der Waals surface area contributed by atoms with E-state index in [0.717, 1.165) is 24.0 Å². The van der Waals surface area contributed by atoms with Gasteiger partial charge in [0.2, 0.25) is 10.0 Å². The van der Waals surface area contributed by atoms with Crippen LogP contribution in [0.15, 0.2) is 65.6 Å². The van der Waals surface area contributed by atoms with Crippen LogP contribution in [0.5, 0.6) is 0 Å². The molecule has 0 atom stereocenters. The molecule has 0 radical (unpaired) electrons. The predicted molar refractivity (Wildman–Crippen MR) is 126 cm³/mol. The van der Waals surface area contributed by atoms with E-state index in [2.05, 4.69) is 11.8 Å². The molecule has 1 fully saturated rings. The smallest absolute Gasteiger partial charge is 0.304 e. The SMILES string of the molecule is CC(=O)OC1(C#CCN(C/C=C/c2ccccc2)S(=O)(=O)c2ccc(C)cc2)CCCC1. The molecule has 0 bridgehead atoms. The van der Waals surface area contributed by atoms with Gasteiger partial charge in [-0.1, -0.05) is 72.0 Å². The lowest BCUT2D eigenvalue weighted by Gasteiger charge is -2.23. The van der Waals surface area contributed by atoms with Crippen molar-refractivity contribution < 1.29 is 17.9 Å². The molecule has 2 aromatic carbocycles. The van der Waals surface area contributed by atoms with Crippen LogP contribution < -0.4 is 0 Å². The molecule has 1 saturated carbocycles. The molecule has 0 unspecified atom stereocenters. The zero-order chi connectivity index (χ0) is 23.0. The Kier molecular flexibility index (Phi) is 7.89. The van der Waals surface area contributed by atoms with Gasteiger partial charge in [-0.15, -0.1) is 0 Å². The fourth-order valence-electron chi connectivity index (χ4n) is 3.74. The molecule has 0 heterocycles. The molecule has 0 saturated heterocycles. The van der Waals surface area contributed by atoms with Gasteiger partial charge in [0.15, 0.2) is 5.60 Å². The van der Waals surface area contributed by atoms with Crippen LogP contribution in [-0.4, -0.2) is 37.4 Å². The summed E-state index contributed by atoms with van der Waals surface area (Å²) in [5.74, 6) is 5.70. The third-order valence-corrected chi connectivity index (χ3v) is 7.23. The van der Waals surface area contributed by atoms with Gasteiger partial charge in [-0.25, -0.2) is 8.42 Å². The van der Waals surface area contributed by atoms with Crippen LogP contribution in [-0.2, 0) is 19.6 Å². The van der Waals surface area contributed by atoms with Gasteiger partial charge in [0.25, 0.3) is 0 Å². The van der Waals surface area contributed by atoms with Gasteiger partial charge >= 0.3 is 5.97 Å². The van der Waals surface area contributed by atoms with Gasteiger partial charge in [-0.2, -0.15) is 4.31 Å². The standard InChI is InChI=1S/C26H29NO4S/c1-22-13-15-25(16-14-22)32(29,30)27(20-8-12-24-10-4-3-5-11-24)21-9-19-26(31-23(2)28)17-6-7-18-26/h3-5,8,10-16H,6-7,17-18,20-21H2,1-2H3/b12-8+. The largest absolute Gasteiger partial charge is 0.446 e. The summed E-state index contributed by atoms with van der Waals surface area (Å²) in [6, 6.07) is 16.5. The van der Waals surface area contributed by atoms with E-state index in [0.29, 0.717) is 12.8 Å². The summed E-state index contributed by atoms with van der Waals surface area (Å²) in [5, 5.41) is 0. The van der Waals surface area contributed by atoms with Crippen molar-refractivity contribution in [1.82, 2.24) is 4.31 Å². The fourth-order valence-corrected chi connectivity index (χ4v) is 5.04. The van der Waals surface area contributed by atoms with Gasteiger partial charge in [0.1, 0.15) is 0 Å². The van der Waals surface area contributed by atoms with Crippen LogP contribution >= 0.6 is 0 Å². The van der Waals surface area contributed by atoms with Crippen LogP contribution in [0.2, 0.25) is 0 Å². The molecule has 1 aliphatic rings. The first-order valence-corrected chi connectivity index (χ1v) is 12.2. The number of carbonyl (C=O) groups is 1. The first kappa shape index (κ1) is 23.8. The average molecular weight is 452 g/mol. The Morgan fingerprint density at radius 1 is 1.09 bits per heavy atom. The number of esters is 1. The van der Waals surface area contributed by atoms with Crippen LogP contribution in [0.3, 0.4) is 0 Å². The quantitative estimate of drug-likeness (QED) is 0.457. The van der Waals surface area contributed by atoms with Crippen molar-refractivity contribution in [3.05, 3.63) is 71.8 Å². The molecule has 0 N–H and O–H groups in total. The normalized spacial score (nSPS) is 15.5. The Morgan fingerprint density at radius 3 is 2.38 bits per heavy atom. The van der Waals surface area contributed by atoms with Gasteiger partial charge < -0.3 is 4.74 Å². The van der Waals surface area contributed by atoms with Crippen molar-refractivity contribution in [3.8, 4) is 11.8 Å². The van der Waals surface area contributed by atoms with Gasteiger partial charge in [0, 0.05) is 13.5 Å². The Labute approximate surface area is 191 Å². The molecule has 6 heteroatoms. The molecule has 168 valence electrons. The van der Waals surface area contributed by atoms with Crippen LogP contribution in [0.25, 0.3) is 6.08 Å². The number of hydrogen-bond acceptors (Lipinski definition) is 4. The summed E-state index contributed by atoms with van der Waals surface area (Å²) in [6.07, 6.45) is 6.94. The lowest BCUT2D eigenvalue weighted by molar-refractivity contribution is -0.151. The number of ether oxygens (including phenoxy) is 1. The van der Waals surface area contributed by atoms with Crippen LogP contribution in [0.1, 0.15) is 43.7 Å². The maximum absolute atomic E-state index is 13.3. The lowest BCUT2D eigenvalue weighted by Crippen LogP contribution is -2.33. The second-order valence-corrected chi connectivity index (χ2v) is 9.96. The van der Waals surface area contributed by atoms with E-state index in [1.807, 2.05) is 49.4 Å². The van der Waals surface area contributed by atoms with Crippen molar-refractivity contribution in [3.63, 3.8) is 0 Å². The molecule has 0 aliphatic heterocycles. The summed E-state index contributed by atoms with van der Waals surface area (Å²) < 4.78 is 33.5. The Morgan fingerprint density at radius 2 is 1.75 bits per heavy atom. The summed E-state index contributed by atoms with van der Waals surface area (Å²) in [6.45, 7) is 3.49. The number of aryl methyl sites for hydroxylation is 1. The average Bonchev–Trinajstić information content (AvgIpc) is 3.21. The lowest BCUT2D eigenvalue weighted by atomic mass is 10.0. The molecule has 2 aromatic rings. The molecule has 3 rings (SSSR count). The molecule has 0 spiro atoms. The third kappa shape index (κ3) is 6.32. The van der Waals surface area contributed by atoms with Gasteiger partial charge in [-0.05, 0) is 50.3 Å². The zero-order valence-electron chi connectivity index (χ0n) is 18.6. The summed E-state index contributed by atoms with van der Waals surface area (Å²) in [4.78, 5) is 11.8. The molecule has 5 nitrogen and oxygen atoms in total. The summed E-state index contributed by atoms with van der Waals surface area (Å²) in [7, 11) is -3.74. The van der Waals surface area contributed by atoms with Crippen molar-refractivity contribution in [2.45, 2.75) is 50.0 Å². The first-order valence-electron chi connectivity index (χ1n) is 10.8. The summed E-state index contributed by atoms with van der Waals surface area (Å²) >= 11 is 0. The van der Waals surface area contributed by atoms with E-state index in [4.69, 9.17) is 4.74 Å². The van der Waals surface area contributed by atoms with Gasteiger partial charge in [-0.3, -0.25) is 4.79 Å². The highest BCUT2D eigenvalue weighted by Gasteiger charge is 2.35. The van der Waals surface area contributed by atoms with Crippen molar-refractivity contribution in [2.75, 3.05) is 13.1 Å². The Hall–Kier alpha value is -2.88. The molecule has 32 heavy (non-hydrogen) atoms. The number of carbonyl (C=O) groups excluding carboxylic acids is 1. The monoisotopic (exact) mass is 451 g/mol. The number of sulfonamides is 1. The molecule has 1 aliphatic carbocycles. The minimum atomic E-state index is -3.74. The second-order valence-electron chi connectivity index (χ2n) is 8.02. The fraction of sp³-hybridized carbons (Fsp3) is 0.346. The van der Waals surface area contributed by atoms with Crippen molar-refractivity contribution in [1.29, 1.82) is 0 Å². The van der Waals surface area contributed by atoms with E-state index >= 15 is 0 Å². The summed E-state index contributed by atoms with van der Waals surface area (Å²) in [5.41, 5.74) is 1.18. The number of nitrogens with zero attached hydrogens (tertiary/aromatic N) is 1. The molecule has 0 aromatic heterocycles. The molecular weight excluding hydrogens is 422 g/mol. The van der Waals surface area contributed by atoms with E-state index in [9.17, 15) is 13.2 Å². The van der Waals surface area contributed by atoms with E-state index in [1.165, 1.54) is 11.2 Å².